The number of nitrogens with two attached hydrogens (primary N) is 1. The number of pyridine rings is 1. The molecule has 3 heteroatoms. The number of fused-ring (bicyclic) bond motifs is 1. The molecule has 20 heavy (non-hydrogen) atoms. The molecule has 2 heterocycles. The molecule has 106 valence electrons. The standard InChI is InChI=1S/C17H23N3/c1-12-6-5-7-13(2)20(12)11-14-10-16(18)15-8-3-4-9-17(15)19-14/h3-4,8-10,12-13H,5-7,11H2,1-2H3,(H2,18,19)/t12-,13+. The minimum atomic E-state index is 0.633. The average molecular weight is 269 g/mol. The van der Waals surface area contributed by atoms with Crippen molar-refractivity contribution in [1.82, 2.24) is 9.88 Å². The third kappa shape index (κ3) is 2.50. The van der Waals surface area contributed by atoms with Gasteiger partial charge < -0.3 is 5.73 Å². The largest absolute Gasteiger partial charge is 0.398 e. The molecule has 2 N–H and O–H groups in total. The Balaban J connectivity index is 1.90. The third-order valence-corrected chi connectivity index (χ3v) is 4.52. The predicted molar refractivity (Wildman–Crippen MR) is 84.5 cm³/mol. The van der Waals surface area contributed by atoms with E-state index in [1.165, 1.54) is 19.3 Å². The van der Waals surface area contributed by atoms with E-state index in [-0.39, 0.29) is 0 Å². The molecule has 3 nitrogen and oxygen atoms in total. The van der Waals surface area contributed by atoms with Crippen LogP contribution in [0.4, 0.5) is 5.69 Å². The first kappa shape index (κ1) is 13.4. The maximum atomic E-state index is 6.17. The number of benzene rings is 1. The summed E-state index contributed by atoms with van der Waals surface area (Å²) in [6, 6.07) is 11.4. The lowest BCUT2D eigenvalue weighted by atomic mass is 9.97. The van der Waals surface area contributed by atoms with Crippen LogP contribution in [0.2, 0.25) is 0 Å². The van der Waals surface area contributed by atoms with Gasteiger partial charge in [0.25, 0.3) is 0 Å². The first-order valence-corrected chi connectivity index (χ1v) is 7.55. The SMILES string of the molecule is C[C@@H]1CCC[C@H](C)N1Cc1cc(N)c2ccccc2n1. The van der Waals surface area contributed by atoms with Crippen LogP contribution in [0.25, 0.3) is 10.9 Å². The van der Waals surface area contributed by atoms with Crippen LogP contribution in [0.3, 0.4) is 0 Å². The molecule has 1 saturated heterocycles. The van der Waals surface area contributed by atoms with E-state index in [9.17, 15) is 0 Å². The molecule has 0 aliphatic carbocycles. The number of anilines is 1. The topological polar surface area (TPSA) is 42.1 Å². The van der Waals surface area contributed by atoms with Crippen LogP contribution in [0.15, 0.2) is 30.3 Å². The Labute approximate surface area is 120 Å². The van der Waals surface area contributed by atoms with Crippen molar-refractivity contribution in [3.05, 3.63) is 36.0 Å². The highest BCUT2D eigenvalue weighted by atomic mass is 15.2. The summed E-state index contributed by atoms with van der Waals surface area (Å²) in [7, 11) is 0. The van der Waals surface area contributed by atoms with Crippen LogP contribution >= 0.6 is 0 Å². The maximum absolute atomic E-state index is 6.17. The van der Waals surface area contributed by atoms with Gasteiger partial charge >= 0.3 is 0 Å². The summed E-state index contributed by atoms with van der Waals surface area (Å²) in [6.07, 6.45) is 3.91. The number of aromatic nitrogens is 1. The summed E-state index contributed by atoms with van der Waals surface area (Å²) >= 11 is 0. The molecular weight excluding hydrogens is 246 g/mol. The van der Waals surface area contributed by atoms with Crippen molar-refractivity contribution in [2.45, 2.75) is 51.7 Å². The van der Waals surface area contributed by atoms with Crippen molar-refractivity contribution in [3.63, 3.8) is 0 Å². The normalized spacial score (nSPS) is 24.1. The number of para-hydroxylation sites is 1. The molecule has 3 rings (SSSR count). The van der Waals surface area contributed by atoms with E-state index in [1.54, 1.807) is 0 Å². The lowest BCUT2D eigenvalue weighted by Crippen LogP contribution is -2.43. The fourth-order valence-corrected chi connectivity index (χ4v) is 3.31. The van der Waals surface area contributed by atoms with E-state index in [0.29, 0.717) is 12.1 Å². The average Bonchev–Trinajstić information content (AvgIpc) is 2.43. The number of hydrogen-bond donors (Lipinski definition) is 1. The molecule has 0 saturated carbocycles. The van der Waals surface area contributed by atoms with E-state index < -0.39 is 0 Å². The van der Waals surface area contributed by atoms with Gasteiger partial charge in [0.1, 0.15) is 0 Å². The Morgan fingerprint density at radius 2 is 1.90 bits per heavy atom. The summed E-state index contributed by atoms with van der Waals surface area (Å²) in [5.41, 5.74) is 9.09. The minimum Gasteiger partial charge on any atom is -0.398 e. The molecule has 1 aliphatic heterocycles. The molecule has 0 unspecified atom stereocenters. The van der Waals surface area contributed by atoms with Gasteiger partial charge in [-0.15, -0.1) is 0 Å². The van der Waals surface area contributed by atoms with Gasteiger partial charge in [0.2, 0.25) is 0 Å². The van der Waals surface area contributed by atoms with E-state index in [4.69, 9.17) is 10.7 Å². The summed E-state index contributed by atoms with van der Waals surface area (Å²) < 4.78 is 0. The molecule has 2 aromatic rings. The molecular formula is C17H23N3. The van der Waals surface area contributed by atoms with Crippen LogP contribution in [0.5, 0.6) is 0 Å². The molecule has 0 bridgehead atoms. The lowest BCUT2D eigenvalue weighted by molar-refractivity contribution is 0.0940. The van der Waals surface area contributed by atoms with Crippen LogP contribution in [-0.4, -0.2) is 22.0 Å². The molecule has 1 aromatic carbocycles. The Morgan fingerprint density at radius 1 is 1.20 bits per heavy atom. The van der Waals surface area contributed by atoms with E-state index in [2.05, 4.69) is 18.7 Å². The Kier molecular flexibility index (Phi) is 3.62. The summed E-state index contributed by atoms with van der Waals surface area (Å²) in [6.45, 7) is 5.54. The highest BCUT2D eigenvalue weighted by molar-refractivity contribution is 5.90. The number of nitrogen functional groups attached to an aromatic ring is 1. The summed E-state index contributed by atoms with van der Waals surface area (Å²) in [4.78, 5) is 7.33. The van der Waals surface area contributed by atoms with Gasteiger partial charge in [-0.2, -0.15) is 0 Å². The van der Waals surface area contributed by atoms with Crippen LogP contribution in [0.1, 0.15) is 38.8 Å². The van der Waals surface area contributed by atoms with E-state index >= 15 is 0 Å². The number of hydrogen-bond acceptors (Lipinski definition) is 3. The van der Waals surface area contributed by atoms with Gasteiger partial charge in [-0.3, -0.25) is 9.88 Å². The molecule has 0 amide bonds. The monoisotopic (exact) mass is 269 g/mol. The fourth-order valence-electron chi connectivity index (χ4n) is 3.31. The first-order chi connectivity index (χ1) is 9.65. The third-order valence-electron chi connectivity index (χ3n) is 4.52. The second-order valence-corrected chi connectivity index (χ2v) is 6.02. The molecule has 1 aliphatic rings. The van der Waals surface area contributed by atoms with Crippen LogP contribution < -0.4 is 5.73 Å². The van der Waals surface area contributed by atoms with Crippen molar-refractivity contribution >= 4 is 16.6 Å². The van der Waals surface area contributed by atoms with Gasteiger partial charge in [0.15, 0.2) is 0 Å². The quantitative estimate of drug-likeness (QED) is 0.906. The minimum absolute atomic E-state index is 0.633. The van der Waals surface area contributed by atoms with Crippen molar-refractivity contribution in [2.24, 2.45) is 0 Å². The molecule has 0 radical (unpaired) electrons. The van der Waals surface area contributed by atoms with Crippen LogP contribution in [0, 0.1) is 0 Å². The molecule has 2 atom stereocenters. The van der Waals surface area contributed by atoms with Crippen molar-refractivity contribution in [3.8, 4) is 0 Å². The van der Waals surface area contributed by atoms with Gasteiger partial charge in [-0.25, -0.2) is 0 Å². The Hall–Kier alpha value is -1.61. The zero-order chi connectivity index (χ0) is 14.1. The second kappa shape index (κ2) is 5.41. The fraction of sp³-hybridized carbons (Fsp3) is 0.471. The number of rotatable bonds is 2. The maximum Gasteiger partial charge on any atom is 0.0726 e. The Bertz CT molecular complexity index is 598. The van der Waals surface area contributed by atoms with Crippen LogP contribution in [-0.2, 0) is 6.54 Å². The predicted octanol–water partition coefficient (Wildman–Crippen LogP) is 3.58. The van der Waals surface area contributed by atoms with E-state index in [0.717, 1.165) is 28.8 Å². The zero-order valence-corrected chi connectivity index (χ0v) is 12.3. The van der Waals surface area contributed by atoms with Gasteiger partial charge in [0, 0.05) is 29.7 Å². The highest BCUT2D eigenvalue weighted by Gasteiger charge is 2.25. The smallest absolute Gasteiger partial charge is 0.0726 e. The molecule has 1 fully saturated rings. The lowest BCUT2D eigenvalue weighted by Gasteiger charge is -2.38. The number of nitrogens with zero attached hydrogens (tertiary/aromatic N) is 2. The van der Waals surface area contributed by atoms with Gasteiger partial charge in [-0.05, 0) is 38.8 Å². The summed E-state index contributed by atoms with van der Waals surface area (Å²) in [5.74, 6) is 0. The van der Waals surface area contributed by atoms with Gasteiger partial charge in [-0.1, -0.05) is 24.6 Å². The zero-order valence-electron chi connectivity index (χ0n) is 12.3. The first-order valence-electron chi connectivity index (χ1n) is 7.55. The van der Waals surface area contributed by atoms with Crippen molar-refractivity contribution in [1.29, 1.82) is 0 Å². The highest BCUT2D eigenvalue weighted by Crippen LogP contribution is 2.26. The Morgan fingerprint density at radius 3 is 2.65 bits per heavy atom. The van der Waals surface area contributed by atoms with Crippen molar-refractivity contribution < 1.29 is 0 Å². The van der Waals surface area contributed by atoms with Crippen molar-refractivity contribution in [2.75, 3.05) is 5.73 Å². The number of likely N-dealkylation sites (tertiary alicyclic amines) is 1. The molecule has 1 aromatic heterocycles. The number of piperidine rings is 1. The summed E-state index contributed by atoms with van der Waals surface area (Å²) in [5, 5.41) is 1.05. The van der Waals surface area contributed by atoms with E-state index in [1.807, 2.05) is 30.3 Å². The second-order valence-electron chi connectivity index (χ2n) is 6.02. The molecule has 0 spiro atoms. The van der Waals surface area contributed by atoms with Gasteiger partial charge in [0.05, 0.1) is 11.2 Å².